The highest BCUT2D eigenvalue weighted by Gasteiger charge is 2.46. The molecule has 0 saturated heterocycles. The average molecular weight is 197 g/mol. The van der Waals surface area contributed by atoms with Crippen molar-refractivity contribution in [3.63, 3.8) is 0 Å². The highest BCUT2D eigenvalue weighted by atomic mass is 35.5. The summed E-state index contributed by atoms with van der Waals surface area (Å²) in [4.78, 5) is 3.94. The fourth-order valence-electron chi connectivity index (χ4n) is 1.53. The number of hydrogen-bond acceptors (Lipinski definition) is 3. The van der Waals surface area contributed by atoms with Gasteiger partial charge in [-0.05, 0) is 24.0 Å². The molecule has 0 bridgehead atoms. The van der Waals surface area contributed by atoms with Gasteiger partial charge in [0.25, 0.3) is 0 Å². The van der Waals surface area contributed by atoms with Crippen LogP contribution in [0.15, 0.2) is 18.3 Å². The fourth-order valence-corrected chi connectivity index (χ4v) is 1.65. The molecular weight excluding hydrogens is 188 g/mol. The Kier molecular flexibility index (Phi) is 2.28. The standard InChI is InChI=1S/C8H9BClNO2/c10-8-2-1-5(4-11-8)6-3-7(6)9(12)13/h1-2,4,6-7,12-13H,3H2/t6-,7+/m0/s1. The summed E-state index contributed by atoms with van der Waals surface area (Å²) >= 11 is 5.63. The molecule has 1 heterocycles. The maximum Gasteiger partial charge on any atom is 0.455 e. The smallest absolute Gasteiger partial charge is 0.427 e. The Hall–Kier alpha value is -0.575. The van der Waals surface area contributed by atoms with Crippen LogP contribution < -0.4 is 0 Å². The Bertz CT molecular complexity index is 304. The largest absolute Gasteiger partial charge is 0.455 e. The van der Waals surface area contributed by atoms with Crippen LogP contribution in [0.1, 0.15) is 17.9 Å². The highest BCUT2D eigenvalue weighted by molar-refractivity contribution is 6.44. The van der Waals surface area contributed by atoms with Crippen LogP contribution in [0.4, 0.5) is 0 Å². The van der Waals surface area contributed by atoms with Gasteiger partial charge in [0, 0.05) is 12.0 Å². The molecule has 0 unspecified atom stereocenters. The second-order valence-electron chi connectivity index (χ2n) is 3.33. The summed E-state index contributed by atoms with van der Waals surface area (Å²) in [5, 5.41) is 18.2. The predicted molar refractivity (Wildman–Crippen MR) is 50.5 cm³/mol. The lowest BCUT2D eigenvalue weighted by molar-refractivity contribution is 0.402. The topological polar surface area (TPSA) is 53.4 Å². The lowest BCUT2D eigenvalue weighted by atomic mass is 9.81. The number of nitrogens with zero attached hydrogens (tertiary/aromatic N) is 1. The van der Waals surface area contributed by atoms with Gasteiger partial charge in [0.05, 0.1) is 0 Å². The highest BCUT2D eigenvalue weighted by Crippen LogP contribution is 2.53. The molecule has 1 aromatic rings. The number of halogens is 1. The summed E-state index contributed by atoms with van der Waals surface area (Å²) in [6.45, 7) is 0. The third kappa shape index (κ3) is 1.85. The van der Waals surface area contributed by atoms with Crippen LogP contribution in [-0.2, 0) is 0 Å². The summed E-state index contributed by atoms with van der Waals surface area (Å²) in [5.41, 5.74) is 1.03. The van der Waals surface area contributed by atoms with Crippen molar-refractivity contribution in [2.24, 2.45) is 0 Å². The van der Waals surface area contributed by atoms with Gasteiger partial charge in [0.1, 0.15) is 5.15 Å². The van der Waals surface area contributed by atoms with E-state index in [9.17, 15) is 0 Å². The van der Waals surface area contributed by atoms with E-state index in [0.29, 0.717) is 5.15 Å². The summed E-state index contributed by atoms with van der Waals surface area (Å²) in [6, 6.07) is 3.60. The maximum absolute atomic E-state index is 8.89. The van der Waals surface area contributed by atoms with Crippen molar-refractivity contribution in [2.75, 3.05) is 0 Å². The first-order valence-electron chi connectivity index (χ1n) is 4.16. The van der Waals surface area contributed by atoms with Gasteiger partial charge in [-0.2, -0.15) is 0 Å². The molecule has 68 valence electrons. The van der Waals surface area contributed by atoms with Crippen molar-refractivity contribution in [3.8, 4) is 0 Å². The van der Waals surface area contributed by atoms with Crippen LogP contribution in [0, 0.1) is 0 Å². The minimum atomic E-state index is -1.21. The molecule has 0 aromatic carbocycles. The third-order valence-corrected chi connectivity index (χ3v) is 2.62. The number of hydrogen-bond donors (Lipinski definition) is 2. The van der Waals surface area contributed by atoms with Gasteiger partial charge < -0.3 is 10.0 Å². The molecule has 0 radical (unpaired) electrons. The van der Waals surface area contributed by atoms with Crippen molar-refractivity contribution in [1.82, 2.24) is 4.98 Å². The third-order valence-electron chi connectivity index (χ3n) is 2.40. The van der Waals surface area contributed by atoms with E-state index >= 15 is 0 Å². The summed E-state index contributed by atoms with van der Waals surface area (Å²) in [6.07, 6.45) is 2.51. The lowest BCUT2D eigenvalue weighted by Gasteiger charge is -1.98. The molecule has 13 heavy (non-hydrogen) atoms. The first-order chi connectivity index (χ1) is 6.18. The van der Waals surface area contributed by atoms with Gasteiger partial charge in [0.15, 0.2) is 0 Å². The molecule has 1 aliphatic carbocycles. The van der Waals surface area contributed by atoms with Crippen molar-refractivity contribution >= 4 is 18.7 Å². The molecule has 0 spiro atoms. The lowest BCUT2D eigenvalue weighted by Crippen LogP contribution is -2.11. The van der Waals surface area contributed by atoms with Gasteiger partial charge in [-0.1, -0.05) is 17.7 Å². The number of pyridine rings is 1. The van der Waals surface area contributed by atoms with E-state index in [2.05, 4.69) is 4.98 Å². The van der Waals surface area contributed by atoms with Crippen molar-refractivity contribution < 1.29 is 10.0 Å². The SMILES string of the molecule is OB(O)[C@@H]1C[C@H]1c1ccc(Cl)nc1. The zero-order chi connectivity index (χ0) is 9.42. The minimum Gasteiger partial charge on any atom is -0.427 e. The Labute approximate surface area is 81.5 Å². The second-order valence-corrected chi connectivity index (χ2v) is 3.72. The van der Waals surface area contributed by atoms with Gasteiger partial charge in [-0.3, -0.25) is 0 Å². The molecule has 1 saturated carbocycles. The van der Waals surface area contributed by atoms with E-state index in [1.54, 1.807) is 12.3 Å². The Morgan fingerprint density at radius 3 is 2.69 bits per heavy atom. The van der Waals surface area contributed by atoms with Gasteiger partial charge >= 0.3 is 7.12 Å². The van der Waals surface area contributed by atoms with Crippen LogP contribution in [0.2, 0.25) is 11.0 Å². The molecule has 1 aromatic heterocycles. The van der Waals surface area contributed by atoms with E-state index in [1.807, 2.05) is 6.07 Å². The number of aromatic nitrogens is 1. The first kappa shape index (κ1) is 9.00. The molecule has 2 N–H and O–H groups in total. The van der Waals surface area contributed by atoms with E-state index in [1.165, 1.54) is 0 Å². The summed E-state index contributed by atoms with van der Waals surface area (Å²) in [5.74, 6) is 0.216. The monoisotopic (exact) mass is 197 g/mol. The zero-order valence-corrected chi connectivity index (χ0v) is 7.65. The zero-order valence-electron chi connectivity index (χ0n) is 6.89. The first-order valence-corrected chi connectivity index (χ1v) is 4.54. The van der Waals surface area contributed by atoms with Gasteiger partial charge in [-0.25, -0.2) is 4.98 Å². The van der Waals surface area contributed by atoms with Crippen LogP contribution in [0.5, 0.6) is 0 Å². The Morgan fingerprint density at radius 2 is 2.23 bits per heavy atom. The van der Waals surface area contributed by atoms with Crippen LogP contribution in [-0.4, -0.2) is 22.2 Å². The molecule has 0 amide bonds. The van der Waals surface area contributed by atoms with Crippen molar-refractivity contribution in [1.29, 1.82) is 0 Å². The van der Waals surface area contributed by atoms with E-state index < -0.39 is 7.12 Å². The van der Waals surface area contributed by atoms with Crippen LogP contribution >= 0.6 is 11.6 Å². The summed E-state index contributed by atoms with van der Waals surface area (Å²) in [7, 11) is -1.21. The van der Waals surface area contributed by atoms with Crippen LogP contribution in [0.25, 0.3) is 0 Å². The van der Waals surface area contributed by atoms with Gasteiger partial charge in [-0.15, -0.1) is 0 Å². The maximum atomic E-state index is 8.89. The van der Waals surface area contributed by atoms with Crippen LogP contribution in [0.3, 0.4) is 0 Å². The second kappa shape index (κ2) is 3.29. The van der Waals surface area contributed by atoms with Crippen molar-refractivity contribution in [3.05, 3.63) is 29.0 Å². The Morgan fingerprint density at radius 1 is 1.46 bits per heavy atom. The molecule has 2 rings (SSSR count). The predicted octanol–water partition coefficient (Wildman–Crippen LogP) is 1.07. The van der Waals surface area contributed by atoms with Crippen molar-refractivity contribution in [2.45, 2.75) is 18.2 Å². The quantitative estimate of drug-likeness (QED) is 0.551. The van der Waals surface area contributed by atoms with E-state index in [4.69, 9.17) is 21.6 Å². The van der Waals surface area contributed by atoms with E-state index in [-0.39, 0.29) is 11.7 Å². The molecular formula is C8H9BClNO2. The molecule has 5 heteroatoms. The average Bonchev–Trinajstić information content (AvgIpc) is 2.85. The molecule has 3 nitrogen and oxygen atoms in total. The summed E-state index contributed by atoms with van der Waals surface area (Å²) < 4.78 is 0. The Balaban J connectivity index is 2.08. The number of rotatable bonds is 2. The minimum absolute atomic E-state index is 0.0250. The van der Waals surface area contributed by atoms with Gasteiger partial charge in [0.2, 0.25) is 0 Å². The normalized spacial score (nSPS) is 25.8. The molecule has 1 aliphatic rings. The molecule has 2 atom stereocenters. The fraction of sp³-hybridized carbons (Fsp3) is 0.375. The van der Waals surface area contributed by atoms with E-state index in [0.717, 1.165) is 12.0 Å². The molecule has 0 aliphatic heterocycles. The molecule has 1 fully saturated rings.